The number of carbonyl (C=O) groups is 1. The molecule has 0 aromatic heterocycles. The Hall–Kier alpha value is -1.50. The highest BCUT2D eigenvalue weighted by Gasteiger charge is 2.42. The standard InChI is InChI=1S/C21H31FN2O3/c22-17-8-6-16(7-9-17)12-21(15-25)14-24(11-10-19(21)26)13-20(27)23-18-4-2-1-3-5-18/h6-9,18-19,25-26H,1-5,10-15H2,(H,23,27)/t19-,21-/m0/s1. The summed E-state index contributed by atoms with van der Waals surface area (Å²) in [6.07, 6.45) is 6.01. The van der Waals surface area contributed by atoms with Gasteiger partial charge in [-0.05, 0) is 43.4 Å². The topological polar surface area (TPSA) is 72.8 Å². The Morgan fingerprint density at radius 1 is 1.19 bits per heavy atom. The van der Waals surface area contributed by atoms with Crippen LogP contribution in [0.4, 0.5) is 4.39 Å². The largest absolute Gasteiger partial charge is 0.396 e. The number of benzene rings is 1. The van der Waals surface area contributed by atoms with E-state index in [1.165, 1.54) is 31.4 Å². The lowest BCUT2D eigenvalue weighted by molar-refractivity contribution is -0.126. The number of likely N-dealkylation sites (tertiary alicyclic amines) is 1. The van der Waals surface area contributed by atoms with E-state index >= 15 is 0 Å². The summed E-state index contributed by atoms with van der Waals surface area (Å²) in [5.41, 5.74) is 0.138. The van der Waals surface area contributed by atoms with Crippen LogP contribution in [0.15, 0.2) is 24.3 Å². The Kier molecular flexibility index (Phi) is 6.84. The number of nitrogens with one attached hydrogen (secondary N) is 1. The molecular formula is C21H31FN2O3. The number of carbonyl (C=O) groups excluding carboxylic acids is 1. The molecule has 2 aliphatic rings. The van der Waals surface area contributed by atoms with Crippen molar-refractivity contribution in [2.75, 3.05) is 26.2 Å². The molecule has 5 nitrogen and oxygen atoms in total. The highest BCUT2D eigenvalue weighted by molar-refractivity contribution is 5.78. The van der Waals surface area contributed by atoms with E-state index in [-0.39, 0.29) is 30.9 Å². The molecule has 3 N–H and O–H groups in total. The molecule has 0 unspecified atom stereocenters. The van der Waals surface area contributed by atoms with Crippen LogP contribution in [-0.4, -0.2) is 59.4 Å². The summed E-state index contributed by atoms with van der Waals surface area (Å²) < 4.78 is 13.2. The number of amides is 1. The smallest absolute Gasteiger partial charge is 0.234 e. The van der Waals surface area contributed by atoms with Gasteiger partial charge >= 0.3 is 0 Å². The van der Waals surface area contributed by atoms with Gasteiger partial charge in [-0.15, -0.1) is 0 Å². The van der Waals surface area contributed by atoms with Gasteiger partial charge in [-0.25, -0.2) is 4.39 Å². The summed E-state index contributed by atoms with van der Waals surface area (Å²) in [7, 11) is 0. The molecule has 6 heteroatoms. The van der Waals surface area contributed by atoms with Gasteiger partial charge in [0.05, 0.1) is 19.3 Å². The highest BCUT2D eigenvalue weighted by Crippen LogP contribution is 2.34. The van der Waals surface area contributed by atoms with E-state index in [9.17, 15) is 19.4 Å². The predicted molar refractivity (Wildman–Crippen MR) is 102 cm³/mol. The van der Waals surface area contributed by atoms with Crippen molar-refractivity contribution in [3.63, 3.8) is 0 Å². The third-order valence-corrected chi connectivity index (χ3v) is 6.09. The zero-order valence-electron chi connectivity index (χ0n) is 15.9. The Morgan fingerprint density at radius 3 is 2.56 bits per heavy atom. The molecule has 27 heavy (non-hydrogen) atoms. The van der Waals surface area contributed by atoms with Crippen LogP contribution >= 0.6 is 0 Å². The summed E-state index contributed by atoms with van der Waals surface area (Å²) in [4.78, 5) is 14.5. The van der Waals surface area contributed by atoms with E-state index in [0.29, 0.717) is 25.9 Å². The van der Waals surface area contributed by atoms with Crippen LogP contribution in [0.2, 0.25) is 0 Å². The second kappa shape index (κ2) is 9.13. The first kappa shape index (κ1) is 20.2. The second-order valence-electron chi connectivity index (χ2n) is 8.24. The SMILES string of the molecule is O=C(CN1CC[C@H](O)[C@@](CO)(Cc2ccc(F)cc2)C1)NC1CCCCC1. The minimum absolute atomic E-state index is 0.0203. The van der Waals surface area contributed by atoms with Crippen LogP contribution in [-0.2, 0) is 11.2 Å². The lowest BCUT2D eigenvalue weighted by Gasteiger charge is -2.45. The van der Waals surface area contributed by atoms with Crippen molar-refractivity contribution in [1.82, 2.24) is 10.2 Å². The second-order valence-corrected chi connectivity index (χ2v) is 8.24. The minimum Gasteiger partial charge on any atom is -0.396 e. The molecule has 150 valence electrons. The van der Waals surface area contributed by atoms with Crippen LogP contribution in [0, 0.1) is 11.2 Å². The molecule has 1 amide bonds. The summed E-state index contributed by atoms with van der Waals surface area (Å²) >= 11 is 0. The van der Waals surface area contributed by atoms with Gasteiger partial charge in [0.2, 0.25) is 5.91 Å². The maximum Gasteiger partial charge on any atom is 0.234 e. The zero-order chi connectivity index (χ0) is 19.3. The number of halogens is 1. The molecular weight excluding hydrogens is 347 g/mol. The average Bonchev–Trinajstić information content (AvgIpc) is 2.67. The van der Waals surface area contributed by atoms with E-state index in [1.54, 1.807) is 12.1 Å². The maximum atomic E-state index is 13.2. The van der Waals surface area contributed by atoms with Crippen molar-refractivity contribution >= 4 is 5.91 Å². The van der Waals surface area contributed by atoms with Crippen LogP contribution in [0.3, 0.4) is 0 Å². The lowest BCUT2D eigenvalue weighted by Crippen LogP contribution is -2.56. The molecule has 2 atom stereocenters. The van der Waals surface area contributed by atoms with Gasteiger partial charge in [-0.1, -0.05) is 31.4 Å². The molecule has 1 aromatic carbocycles. The van der Waals surface area contributed by atoms with E-state index in [4.69, 9.17) is 0 Å². The minimum atomic E-state index is -0.735. The van der Waals surface area contributed by atoms with Crippen LogP contribution in [0.1, 0.15) is 44.1 Å². The first-order chi connectivity index (χ1) is 13.0. The van der Waals surface area contributed by atoms with E-state index < -0.39 is 11.5 Å². The first-order valence-electron chi connectivity index (χ1n) is 10.1. The summed E-state index contributed by atoms with van der Waals surface area (Å²) in [6.45, 7) is 1.19. The molecule has 1 heterocycles. The van der Waals surface area contributed by atoms with E-state index in [0.717, 1.165) is 18.4 Å². The molecule has 2 fully saturated rings. The first-order valence-corrected chi connectivity index (χ1v) is 10.1. The normalized spacial score (nSPS) is 27.4. The molecule has 1 aromatic rings. The molecule has 1 aliphatic carbocycles. The Morgan fingerprint density at radius 2 is 1.89 bits per heavy atom. The lowest BCUT2D eigenvalue weighted by atomic mass is 9.73. The van der Waals surface area contributed by atoms with Crippen LogP contribution < -0.4 is 5.32 Å². The Balaban J connectivity index is 1.61. The fourth-order valence-electron chi connectivity index (χ4n) is 4.49. The molecule has 0 bridgehead atoms. The predicted octanol–water partition coefficient (Wildman–Crippen LogP) is 1.86. The van der Waals surface area contributed by atoms with E-state index in [2.05, 4.69) is 5.32 Å². The number of aliphatic hydroxyl groups is 2. The van der Waals surface area contributed by atoms with Gasteiger partial charge < -0.3 is 15.5 Å². The fourth-order valence-corrected chi connectivity index (χ4v) is 4.49. The van der Waals surface area contributed by atoms with Crippen molar-refractivity contribution in [2.45, 2.75) is 57.1 Å². The summed E-state index contributed by atoms with van der Waals surface area (Å²) in [6, 6.07) is 6.45. The highest BCUT2D eigenvalue weighted by atomic mass is 19.1. The Bertz CT molecular complexity index is 618. The van der Waals surface area contributed by atoms with Crippen LogP contribution in [0.25, 0.3) is 0 Å². The number of hydrogen-bond donors (Lipinski definition) is 3. The van der Waals surface area contributed by atoms with Gasteiger partial charge in [0.25, 0.3) is 0 Å². The van der Waals surface area contributed by atoms with Crippen molar-refractivity contribution in [1.29, 1.82) is 0 Å². The van der Waals surface area contributed by atoms with Gasteiger partial charge in [0, 0.05) is 24.5 Å². The van der Waals surface area contributed by atoms with Gasteiger partial charge in [0.1, 0.15) is 5.82 Å². The molecule has 0 radical (unpaired) electrons. The number of rotatable bonds is 6. The van der Waals surface area contributed by atoms with Crippen molar-refractivity contribution < 1.29 is 19.4 Å². The molecule has 1 aliphatic heterocycles. The van der Waals surface area contributed by atoms with Gasteiger partial charge in [-0.3, -0.25) is 9.69 Å². The molecule has 1 saturated carbocycles. The third kappa shape index (κ3) is 5.27. The van der Waals surface area contributed by atoms with Crippen molar-refractivity contribution in [2.24, 2.45) is 5.41 Å². The third-order valence-electron chi connectivity index (χ3n) is 6.09. The number of piperidine rings is 1. The molecule has 3 rings (SSSR count). The van der Waals surface area contributed by atoms with Gasteiger partial charge in [0.15, 0.2) is 0 Å². The number of aliphatic hydroxyl groups excluding tert-OH is 2. The summed E-state index contributed by atoms with van der Waals surface area (Å²) in [5, 5.41) is 23.8. The molecule has 1 saturated heterocycles. The van der Waals surface area contributed by atoms with Gasteiger partial charge in [-0.2, -0.15) is 0 Å². The maximum absolute atomic E-state index is 13.2. The van der Waals surface area contributed by atoms with E-state index in [1.807, 2.05) is 4.90 Å². The quantitative estimate of drug-likeness (QED) is 0.707. The Labute approximate surface area is 160 Å². The monoisotopic (exact) mass is 378 g/mol. The number of hydrogen-bond acceptors (Lipinski definition) is 4. The summed E-state index contributed by atoms with van der Waals surface area (Å²) in [5.74, 6) is -0.283. The molecule has 0 spiro atoms. The fraction of sp³-hybridized carbons (Fsp3) is 0.667. The zero-order valence-corrected chi connectivity index (χ0v) is 15.9. The average molecular weight is 378 g/mol. The van der Waals surface area contributed by atoms with Crippen LogP contribution in [0.5, 0.6) is 0 Å². The van der Waals surface area contributed by atoms with Crippen molar-refractivity contribution in [3.8, 4) is 0 Å². The van der Waals surface area contributed by atoms with Crippen molar-refractivity contribution in [3.05, 3.63) is 35.6 Å². The number of nitrogens with zero attached hydrogens (tertiary/aromatic N) is 1.